The van der Waals surface area contributed by atoms with E-state index in [1.54, 1.807) is 24.3 Å². The van der Waals surface area contributed by atoms with Crippen LogP contribution in [0, 0.1) is 11.8 Å². The minimum atomic E-state index is -0.426. The molecular weight excluding hydrogens is 252 g/mol. The molecule has 2 atom stereocenters. The van der Waals surface area contributed by atoms with E-state index in [2.05, 4.69) is 0 Å². The Morgan fingerprint density at radius 1 is 1.06 bits per heavy atom. The minimum Gasteiger partial charge on any atom is -0.426 e. The van der Waals surface area contributed by atoms with Gasteiger partial charge in [-0.15, -0.1) is 0 Å². The van der Waals surface area contributed by atoms with E-state index in [0.29, 0.717) is 18.6 Å². The maximum atomic E-state index is 12.0. The van der Waals surface area contributed by atoms with E-state index >= 15 is 0 Å². The summed E-state index contributed by atoms with van der Waals surface area (Å²) in [5, 5.41) is -0.426. The van der Waals surface area contributed by atoms with Crippen molar-refractivity contribution in [1.29, 1.82) is 0 Å². The van der Waals surface area contributed by atoms with Crippen LogP contribution in [0.2, 0.25) is 0 Å². The highest BCUT2D eigenvalue weighted by atomic mass is 35.5. The molecular formula is C14H15ClO3. The van der Waals surface area contributed by atoms with Crippen molar-refractivity contribution in [2.45, 2.75) is 25.7 Å². The molecule has 96 valence electrons. The minimum absolute atomic E-state index is 0.347. The van der Waals surface area contributed by atoms with Gasteiger partial charge in [0.15, 0.2) is 0 Å². The lowest BCUT2D eigenvalue weighted by atomic mass is 9.80. The third kappa shape index (κ3) is 3.10. The second-order valence-electron chi connectivity index (χ2n) is 4.54. The second kappa shape index (κ2) is 6.01. The van der Waals surface area contributed by atoms with Gasteiger partial charge in [-0.2, -0.15) is 0 Å². The lowest BCUT2D eigenvalue weighted by Gasteiger charge is -2.26. The van der Waals surface area contributed by atoms with Crippen LogP contribution in [0.3, 0.4) is 0 Å². The molecule has 0 aromatic heterocycles. The fourth-order valence-electron chi connectivity index (χ4n) is 2.37. The summed E-state index contributed by atoms with van der Waals surface area (Å²) in [5.41, 5.74) is 0. The molecule has 0 amide bonds. The van der Waals surface area contributed by atoms with Gasteiger partial charge in [-0.3, -0.25) is 9.59 Å². The SMILES string of the molecule is O=C(Cl)C1CCCCC1C(=O)Oc1ccccc1. The van der Waals surface area contributed by atoms with Crippen LogP contribution in [0.1, 0.15) is 25.7 Å². The maximum absolute atomic E-state index is 12.0. The zero-order valence-corrected chi connectivity index (χ0v) is 10.7. The molecule has 2 rings (SSSR count). The van der Waals surface area contributed by atoms with Crippen LogP contribution in [0.15, 0.2) is 30.3 Å². The monoisotopic (exact) mass is 266 g/mol. The Morgan fingerprint density at radius 2 is 1.67 bits per heavy atom. The number of carbonyl (C=O) groups is 2. The van der Waals surface area contributed by atoms with E-state index in [1.807, 2.05) is 6.07 Å². The van der Waals surface area contributed by atoms with E-state index < -0.39 is 17.1 Å². The number of carbonyl (C=O) groups excluding carboxylic acids is 2. The number of benzene rings is 1. The summed E-state index contributed by atoms with van der Waals surface area (Å²) in [4.78, 5) is 23.4. The predicted molar refractivity (Wildman–Crippen MR) is 68.4 cm³/mol. The molecule has 2 unspecified atom stereocenters. The highest BCUT2D eigenvalue weighted by Gasteiger charge is 2.36. The van der Waals surface area contributed by atoms with Crippen LogP contribution in [0.25, 0.3) is 0 Å². The third-order valence-corrected chi connectivity index (χ3v) is 3.60. The Morgan fingerprint density at radius 3 is 2.28 bits per heavy atom. The number of hydrogen-bond donors (Lipinski definition) is 0. The molecule has 0 radical (unpaired) electrons. The number of hydrogen-bond acceptors (Lipinski definition) is 3. The van der Waals surface area contributed by atoms with Crippen LogP contribution in [-0.2, 0) is 9.59 Å². The number of halogens is 1. The lowest BCUT2D eigenvalue weighted by Crippen LogP contribution is -2.33. The maximum Gasteiger partial charge on any atom is 0.315 e. The molecule has 18 heavy (non-hydrogen) atoms. The molecule has 0 bridgehead atoms. The molecule has 3 nitrogen and oxygen atoms in total. The van der Waals surface area contributed by atoms with Crippen molar-refractivity contribution in [2.24, 2.45) is 11.8 Å². The Hall–Kier alpha value is -1.35. The van der Waals surface area contributed by atoms with Crippen LogP contribution in [-0.4, -0.2) is 11.2 Å². The summed E-state index contributed by atoms with van der Waals surface area (Å²) in [6.07, 6.45) is 3.24. The Kier molecular flexibility index (Phi) is 4.37. The molecule has 1 saturated carbocycles. The van der Waals surface area contributed by atoms with E-state index in [-0.39, 0.29) is 5.97 Å². The quantitative estimate of drug-likeness (QED) is 0.479. The Balaban J connectivity index is 2.05. The topological polar surface area (TPSA) is 43.4 Å². The summed E-state index contributed by atoms with van der Waals surface area (Å²) in [6.45, 7) is 0. The van der Waals surface area contributed by atoms with Crippen molar-refractivity contribution < 1.29 is 14.3 Å². The van der Waals surface area contributed by atoms with E-state index in [9.17, 15) is 9.59 Å². The molecule has 0 saturated heterocycles. The first-order valence-corrected chi connectivity index (χ1v) is 6.52. The average Bonchev–Trinajstić information content (AvgIpc) is 2.40. The fraction of sp³-hybridized carbons (Fsp3) is 0.429. The van der Waals surface area contributed by atoms with Gasteiger partial charge < -0.3 is 4.74 Å². The summed E-state index contributed by atoms with van der Waals surface area (Å²) >= 11 is 5.55. The molecule has 1 aliphatic rings. The lowest BCUT2D eigenvalue weighted by molar-refractivity contribution is -0.144. The zero-order valence-electron chi connectivity index (χ0n) is 9.97. The van der Waals surface area contributed by atoms with Crippen molar-refractivity contribution in [3.8, 4) is 5.75 Å². The predicted octanol–water partition coefficient (Wildman–Crippen LogP) is 3.16. The van der Waals surface area contributed by atoms with E-state index in [1.165, 1.54) is 0 Å². The first-order valence-electron chi connectivity index (χ1n) is 6.14. The van der Waals surface area contributed by atoms with Gasteiger partial charge in [0, 0.05) is 5.92 Å². The average molecular weight is 267 g/mol. The first-order chi connectivity index (χ1) is 8.68. The molecule has 0 aliphatic heterocycles. The molecule has 1 aromatic rings. The van der Waals surface area contributed by atoms with Gasteiger partial charge in [0.05, 0.1) is 5.92 Å². The number of esters is 1. The summed E-state index contributed by atoms with van der Waals surface area (Å²) in [7, 11) is 0. The smallest absolute Gasteiger partial charge is 0.315 e. The Labute approximate surface area is 111 Å². The van der Waals surface area contributed by atoms with Crippen LogP contribution in [0.4, 0.5) is 0 Å². The number of rotatable bonds is 3. The summed E-state index contributed by atoms with van der Waals surface area (Å²) in [5.74, 6) is -0.630. The van der Waals surface area contributed by atoms with E-state index in [4.69, 9.17) is 16.3 Å². The van der Waals surface area contributed by atoms with Crippen molar-refractivity contribution in [2.75, 3.05) is 0 Å². The standard InChI is InChI=1S/C14H15ClO3/c15-13(16)11-8-4-5-9-12(11)14(17)18-10-6-2-1-3-7-10/h1-3,6-7,11-12H,4-5,8-9H2. The van der Waals surface area contributed by atoms with Crippen molar-refractivity contribution in [3.63, 3.8) is 0 Å². The van der Waals surface area contributed by atoms with Crippen LogP contribution < -0.4 is 4.74 Å². The first kappa shape index (κ1) is 13.1. The van der Waals surface area contributed by atoms with Gasteiger partial charge in [-0.05, 0) is 36.6 Å². The third-order valence-electron chi connectivity index (χ3n) is 3.32. The largest absolute Gasteiger partial charge is 0.426 e. The van der Waals surface area contributed by atoms with Crippen LogP contribution >= 0.6 is 11.6 Å². The molecule has 1 fully saturated rings. The summed E-state index contributed by atoms with van der Waals surface area (Å²) in [6, 6.07) is 8.89. The van der Waals surface area contributed by atoms with Gasteiger partial charge >= 0.3 is 5.97 Å². The molecule has 4 heteroatoms. The molecule has 0 heterocycles. The highest BCUT2D eigenvalue weighted by molar-refractivity contribution is 6.64. The Bertz CT molecular complexity index is 430. The highest BCUT2D eigenvalue weighted by Crippen LogP contribution is 2.32. The van der Waals surface area contributed by atoms with Gasteiger partial charge in [0.25, 0.3) is 0 Å². The number of para-hydroxylation sites is 1. The van der Waals surface area contributed by atoms with Gasteiger partial charge in [0.2, 0.25) is 5.24 Å². The van der Waals surface area contributed by atoms with Crippen molar-refractivity contribution in [1.82, 2.24) is 0 Å². The van der Waals surface area contributed by atoms with Gasteiger partial charge in [-0.25, -0.2) is 0 Å². The second-order valence-corrected chi connectivity index (χ2v) is 4.91. The van der Waals surface area contributed by atoms with E-state index in [0.717, 1.165) is 12.8 Å². The fourth-order valence-corrected chi connectivity index (χ4v) is 2.63. The van der Waals surface area contributed by atoms with Gasteiger partial charge in [-0.1, -0.05) is 31.0 Å². The molecule has 0 N–H and O–H groups in total. The van der Waals surface area contributed by atoms with Crippen molar-refractivity contribution in [3.05, 3.63) is 30.3 Å². The normalized spacial score (nSPS) is 23.4. The van der Waals surface area contributed by atoms with Crippen molar-refractivity contribution >= 4 is 22.8 Å². The summed E-state index contributed by atoms with van der Waals surface area (Å²) < 4.78 is 5.28. The molecule has 0 spiro atoms. The van der Waals surface area contributed by atoms with Gasteiger partial charge in [0.1, 0.15) is 5.75 Å². The molecule has 1 aliphatic carbocycles. The number of ether oxygens (including phenoxy) is 1. The molecule has 1 aromatic carbocycles. The zero-order chi connectivity index (χ0) is 13.0. The van der Waals surface area contributed by atoms with Crippen LogP contribution in [0.5, 0.6) is 5.75 Å².